The minimum Gasteiger partial charge on any atom is -0.434 e. The minimum absolute atomic E-state index is 0.204. The largest absolute Gasteiger partial charge is 0.513 e. The molecule has 0 aliphatic heterocycles. The van der Waals surface area contributed by atoms with Crippen molar-refractivity contribution in [3.05, 3.63) is 46.0 Å². The first-order valence-corrected chi connectivity index (χ1v) is 9.46. The van der Waals surface area contributed by atoms with Gasteiger partial charge in [0, 0.05) is 25.1 Å². The summed E-state index contributed by atoms with van der Waals surface area (Å²) in [5, 5.41) is 2.54. The molecule has 7 heteroatoms. The lowest BCUT2D eigenvalue weighted by Gasteiger charge is -2.16. The van der Waals surface area contributed by atoms with Crippen LogP contribution in [-0.2, 0) is 9.47 Å². The van der Waals surface area contributed by atoms with E-state index in [0.717, 1.165) is 3.57 Å². The maximum absolute atomic E-state index is 12.0. The van der Waals surface area contributed by atoms with Gasteiger partial charge in [-0.05, 0) is 42.5 Å². The smallest absolute Gasteiger partial charge is 0.434 e. The Labute approximate surface area is 169 Å². The van der Waals surface area contributed by atoms with Crippen molar-refractivity contribution in [2.45, 2.75) is 13.8 Å². The van der Waals surface area contributed by atoms with Crippen molar-refractivity contribution in [2.24, 2.45) is 0 Å². The summed E-state index contributed by atoms with van der Waals surface area (Å²) in [6.07, 6.45) is -1.58. The lowest BCUT2D eigenvalue weighted by molar-refractivity contribution is 0.103. The van der Waals surface area contributed by atoms with Crippen molar-refractivity contribution in [1.29, 1.82) is 0 Å². The Morgan fingerprint density at radius 2 is 1.30 bits per heavy atom. The van der Waals surface area contributed by atoms with E-state index < -0.39 is 12.3 Å². The molecule has 0 atom stereocenters. The van der Waals surface area contributed by atoms with E-state index in [1.165, 1.54) is 0 Å². The average molecular weight is 480 g/mol. The van der Waals surface area contributed by atoms with Crippen LogP contribution in [0.25, 0.3) is 21.5 Å². The lowest BCUT2D eigenvalue weighted by atomic mass is 10.0. The van der Waals surface area contributed by atoms with Crippen LogP contribution in [0.1, 0.15) is 13.8 Å². The van der Waals surface area contributed by atoms with Crippen molar-refractivity contribution >= 4 is 56.4 Å². The van der Waals surface area contributed by atoms with Crippen LogP contribution in [0.4, 0.5) is 9.59 Å². The first-order chi connectivity index (χ1) is 13.1. The van der Waals surface area contributed by atoms with Crippen molar-refractivity contribution < 1.29 is 28.5 Å². The molecule has 0 saturated carbocycles. The molecule has 3 aromatic carbocycles. The molecule has 6 nitrogen and oxygen atoms in total. The summed E-state index contributed by atoms with van der Waals surface area (Å²) in [6, 6.07) is 12.7. The van der Waals surface area contributed by atoms with E-state index in [4.69, 9.17) is 18.9 Å². The van der Waals surface area contributed by atoms with Gasteiger partial charge in [0.1, 0.15) is 0 Å². The second kappa shape index (κ2) is 8.43. The second-order valence-electron chi connectivity index (χ2n) is 5.44. The highest BCUT2D eigenvalue weighted by Crippen LogP contribution is 2.44. The maximum Gasteiger partial charge on any atom is 0.513 e. The molecule has 0 spiro atoms. The topological polar surface area (TPSA) is 71.1 Å². The number of carbonyl (C=O) groups excluding carboxylic acids is 2. The van der Waals surface area contributed by atoms with Crippen molar-refractivity contribution in [1.82, 2.24) is 0 Å². The van der Waals surface area contributed by atoms with Crippen molar-refractivity contribution in [2.75, 3.05) is 13.2 Å². The molecule has 0 saturated heterocycles. The number of halogens is 1. The second-order valence-corrected chi connectivity index (χ2v) is 6.60. The summed E-state index contributed by atoms with van der Waals surface area (Å²) in [5.74, 6) is 0.717. The molecule has 0 aromatic heterocycles. The number of rotatable bonds is 4. The molecule has 0 amide bonds. The number of fused-ring (bicyclic) bond motifs is 2. The van der Waals surface area contributed by atoms with Gasteiger partial charge < -0.3 is 18.9 Å². The summed E-state index contributed by atoms with van der Waals surface area (Å²) in [4.78, 5) is 24.0. The summed E-state index contributed by atoms with van der Waals surface area (Å²) >= 11 is 2.15. The third-order valence-electron chi connectivity index (χ3n) is 3.80. The fourth-order valence-corrected chi connectivity index (χ4v) is 3.52. The van der Waals surface area contributed by atoms with Crippen LogP contribution in [0.15, 0.2) is 42.5 Å². The van der Waals surface area contributed by atoms with Crippen LogP contribution in [0.5, 0.6) is 11.5 Å². The molecule has 3 aromatic rings. The van der Waals surface area contributed by atoms with E-state index in [9.17, 15) is 9.59 Å². The molecule has 140 valence electrons. The van der Waals surface area contributed by atoms with Gasteiger partial charge in [0.05, 0.1) is 13.2 Å². The molecule has 3 rings (SSSR count). The zero-order valence-electron chi connectivity index (χ0n) is 14.8. The highest BCUT2D eigenvalue weighted by molar-refractivity contribution is 14.1. The standard InChI is InChI=1S/C20H17IO6/c1-3-24-19(22)26-17-12-8-5-6-9-13(12)18(27-20(23)25-4-2)16-14(17)10-7-11-15(16)21/h5-11H,3-4H2,1-2H3. The summed E-state index contributed by atoms with van der Waals surface area (Å²) in [5.41, 5.74) is 0. The molecular formula is C20H17IO6. The quantitative estimate of drug-likeness (QED) is 0.208. The molecule has 0 N–H and O–H groups in total. The molecule has 0 unspecified atom stereocenters. The van der Waals surface area contributed by atoms with Gasteiger partial charge in [0.2, 0.25) is 0 Å². The van der Waals surface area contributed by atoms with Crippen LogP contribution in [0.3, 0.4) is 0 Å². The number of ether oxygens (including phenoxy) is 4. The van der Waals surface area contributed by atoms with Crippen LogP contribution in [0, 0.1) is 3.57 Å². The Kier molecular flexibility index (Phi) is 6.00. The van der Waals surface area contributed by atoms with Gasteiger partial charge in [0.15, 0.2) is 11.5 Å². The van der Waals surface area contributed by atoms with Gasteiger partial charge in [-0.25, -0.2) is 9.59 Å². The van der Waals surface area contributed by atoms with Gasteiger partial charge >= 0.3 is 12.3 Å². The van der Waals surface area contributed by atoms with Crippen molar-refractivity contribution in [3.63, 3.8) is 0 Å². The molecule has 0 aliphatic rings. The Morgan fingerprint density at radius 3 is 1.89 bits per heavy atom. The van der Waals surface area contributed by atoms with E-state index in [2.05, 4.69) is 22.6 Å². The molecule has 0 bridgehead atoms. The fraction of sp³-hybridized carbons (Fsp3) is 0.200. The highest BCUT2D eigenvalue weighted by atomic mass is 127. The monoisotopic (exact) mass is 480 g/mol. The third kappa shape index (κ3) is 3.92. The van der Waals surface area contributed by atoms with Crippen LogP contribution >= 0.6 is 22.6 Å². The third-order valence-corrected chi connectivity index (χ3v) is 4.70. The Bertz CT molecular complexity index is 1010. The van der Waals surface area contributed by atoms with E-state index >= 15 is 0 Å². The SMILES string of the molecule is CCOC(=O)Oc1c2ccccc2c(OC(=O)OCC)c2c(I)cccc12. The number of benzene rings is 3. The van der Waals surface area contributed by atoms with E-state index in [0.29, 0.717) is 33.0 Å². The van der Waals surface area contributed by atoms with Crippen molar-refractivity contribution in [3.8, 4) is 11.5 Å². The molecule has 0 radical (unpaired) electrons. The predicted molar refractivity (Wildman–Crippen MR) is 109 cm³/mol. The number of hydrogen-bond acceptors (Lipinski definition) is 6. The normalized spacial score (nSPS) is 10.6. The number of carbonyl (C=O) groups is 2. The Hall–Kier alpha value is -2.55. The lowest BCUT2D eigenvalue weighted by Crippen LogP contribution is -2.13. The van der Waals surface area contributed by atoms with E-state index in [-0.39, 0.29) is 13.2 Å². The van der Waals surface area contributed by atoms with Crippen LogP contribution in [0.2, 0.25) is 0 Å². The van der Waals surface area contributed by atoms with Gasteiger partial charge in [-0.1, -0.05) is 36.4 Å². The summed E-state index contributed by atoms with van der Waals surface area (Å²) in [7, 11) is 0. The molecule has 0 heterocycles. The van der Waals surface area contributed by atoms with Crippen LogP contribution < -0.4 is 9.47 Å². The first kappa shape index (κ1) is 19.2. The zero-order valence-corrected chi connectivity index (χ0v) is 16.9. The van der Waals surface area contributed by atoms with E-state index in [1.807, 2.05) is 24.3 Å². The molecule has 0 aliphatic carbocycles. The minimum atomic E-state index is -0.790. The summed E-state index contributed by atoms with van der Waals surface area (Å²) < 4.78 is 21.7. The Balaban J connectivity index is 2.31. The Morgan fingerprint density at radius 1 is 0.778 bits per heavy atom. The van der Waals surface area contributed by atoms with E-state index in [1.54, 1.807) is 32.0 Å². The predicted octanol–water partition coefficient (Wildman–Crippen LogP) is 5.67. The highest BCUT2D eigenvalue weighted by Gasteiger charge is 2.22. The van der Waals surface area contributed by atoms with Gasteiger partial charge in [0.25, 0.3) is 0 Å². The summed E-state index contributed by atoms with van der Waals surface area (Å²) in [6.45, 7) is 3.82. The first-order valence-electron chi connectivity index (χ1n) is 8.38. The zero-order chi connectivity index (χ0) is 19.4. The maximum atomic E-state index is 12.0. The van der Waals surface area contributed by atoms with Crippen LogP contribution in [-0.4, -0.2) is 25.5 Å². The number of hydrogen-bond donors (Lipinski definition) is 0. The fourth-order valence-electron chi connectivity index (χ4n) is 2.78. The molecular weight excluding hydrogens is 463 g/mol. The molecule has 27 heavy (non-hydrogen) atoms. The average Bonchev–Trinajstić information content (AvgIpc) is 2.65. The van der Waals surface area contributed by atoms with Gasteiger partial charge in [-0.2, -0.15) is 0 Å². The van der Waals surface area contributed by atoms with Gasteiger partial charge in [-0.15, -0.1) is 0 Å². The van der Waals surface area contributed by atoms with Gasteiger partial charge in [-0.3, -0.25) is 0 Å². The molecule has 0 fully saturated rings.